The smallest absolute Gasteiger partial charge is 0.245 e. The van der Waals surface area contributed by atoms with Gasteiger partial charge in [-0.15, -0.1) is 0 Å². The molecule has 2 amide bonds. The molecule has 3 fully saturated rings. The van der Waals surface area contributed by atoms with Gasteiger partial charge in [0.25, 0.3) is 0 Å². The fourth-order valence-electron chi connectivity index (χ4n) is 3.98. The molecule has 2 heterocycles. The average Bonchev–Trinajstić information content (AvgIpc) is 3.60. The number of sulfonamides is 1. The van der Waals surface area contributed by atoms with Crippen LogP contribution in [0.1, 0.15) is 25.7 Å². The number of primary amides is 1. The largest absolute Gasteiger partial charge is 0.379 e. The highest BCUT2D eigenvalue weighted by Crippen LogP contribution is 2.35. The molecule has 1 saturated carbocycles. The number of nitrogens with one attached hydrogen (secondary N) is 1. The van der Waals surface area contributed by atoms with Crippen LogP contribution in [-0.4, -0.2) is 63.9 Å². The summed E-state index contributed by atoms with van der Waals surface area (Å²) in [6.45, 7) is 2.40. The van der Waals surface area contributed by atoms with Crippen molar-refractivity contribution in [2.75, 3.05) is 49.6 Å². The molecule has 0 atom stereocenters. The molecule has 9 nitrogen and oxygen atoms in total. The van der Waals surface area contributed by atoms with Crippen LogP contribution in [0.15, 0.2) is 23.1 Å². The number of benzene rings is 1. The lowest BCUT2D eigenvalue weighted by molar-refractivity contribution is -0.122. The van der Waals surface area contributed by atoms with Crippen LogP contribution in [-0.2, 0) is 24.3 Å². The Bertz CT molecular complexity index is 917. The van der Waals surface area contributed by atoms with Crippen molar-refractivity contribution < 1.29 is 22.7 Å². The normalized spacial score (nSPS) is 21.4. The van der Waals surface area contributed by atoms with Crippen LogP contribution >= 0.6 is 0 Å². The number of ether oxygens (including phenoxy) is 1. The van der Waals surface area contributed by atoms with Gasteiger partial charge in [0.15, 0.2) is 0 Å². The lowest BCUT2D eigenvalue weighted by atomic mass is 9.96. The molecule has 164 valence electrons. The summed E-state index contributed by atoms with van der Waals surface area (Å²) in [5, 5.41) is 2.85. The summed E-state index contributed by atoms with van der Waals surface area (Å²) in [6, 6.07) is 5.05. The number of amides is 2. The summed E-state index contributed by atoms with van der Waals surface area (Å²) in [4.78, 5) is 25.8. The van der Waals surface area contributed by atoms with Gasteiger partial charge in [0.1, 0.15) is 4.90 Å². The Morgan fingerprint density at radius 1 is 1.00 bits per heavy atom. The lowest BCUT2D eigenvalue weighted by Gasteiger charge is -2.35. The van der Waals surface area contributed by atoms with Gasteiger partial charge in [-0.25, -0.2) is 8.42 Å². The molecule has 0 unspecified atom stereocenters. The molecule has 0 spiro atoms. The number of carbonyl (C=O) groups excluding carboxylic acids is 2. The van der Waals surface area contributed by atoms with Gasteiger partial charge < -0.3 is 20.7 Å². The van der Waals surface area contributed by atoms with E-state index in [9.17, 15) is 18.0 Å². The highest BCUT2D eigenvalue weighted by molar-refractivity contribution is 7.89. The quantitative estimate of drug-likeness (QED) is 0.679. The van der Waals surface area contributed by atoms with E-state index in [2.05, 4.69) is 5.32 Å². The maximum absolute atomic E-state index is 13.5. The van der Waals surface area contributed by atoms with Crippen molar-refractivity contribution in [1.82, 2.24) is 4.31 Å². The van der Waals surface area contributed by atoms with Gasteiger partial charge in [-0.1, -0.05) is 0 Å². The summed E-state index contributed by atoms with van der Waals surface area (Å²) < 4.78 is 33.7. The van der Waals surface area contributed by atoms with E-state index in [4.69, 9.17) is 10.5 Å². The van der Waals surface area contributed by atoms with Crippen LogP contribution in [0.25, 0.3) is 0 Å². The Morgan fingerprint density at radius 3 is 2.27 bits per heavy atom. The monoisotopic (exact) mass is 436 g/mol. The minimum Gasteiger partial charge on any atom is -0.379 e. The molecule has 3 N–H and O–H groups in total. The highest BCUT2D eigenvalue weighted by Gasteiger charge is 2.33. The topological polar surface area (TPSA) is 122 Å². The van der Waals surface area contributed by atoms with Crippen LogP contribution in [0.2, 0.25) is 0 Å². The maximum atomic E-state index is 13.5. The first-order chi connectivity index (χ1) is 14.4. The Morgan fingerprint density at radius 2 is 1.67 bits per heavy atom. The molecule has 0 radical (unpaired) electrons. The van der Waals surface area contributed by atoms with Gasteiger partial charge in [0, 0.05) is 43.7 Å². The molecule has 30 heavy (non-hydrogen) atoms. The molecule has 2 aliphatic heterocycles. The maximum Gasteiger partial charge on any atom is 0.245 e. The summed E-state index contributed by atoms with van der Waals surface area (Å²) in [5.74, 6) is -0.539. The molecule has 4 rings (SSSR count). The Labute approximate surface area is 176 Å². The molecule has 0 bridgehead atoms. The predicted molar refractivity (Wildman–Crippen MR) is 112 cm³/mol. The summed E-state index contributed by atoms with van der Waals surface area (Å²) in [7, 11) is -3.77. The SMILES string of the molecule is NC(=O)C1CCN(c2ccc(NC(=O)C3CC3)cc2S(=O)(=O)N2CCOCC2)CC1. The molecule has 2 saturated heterocycles. The van der Waals surface area contributed by atoms with Crippen molar-refractivity contribution in [3.8, 4) is 0 Å². The van der Waals surface area contributed by atoms with Crippen molar-refractivity contribution in [3.63, 3.8) is 0 Å². The number of nitrogens with two attached hydrogens (primary N) is 1. The summed E-state index contributed by atoms with van der Waals surface area (Å²) >= 11 is 0. The van der Waals surface area contributed by atoms with E-state index in [1.54, 1.807) is 18.2 Å². The zero-order chi connectivity index (χ0) is 21.3. The van der Waals surface area contributed by atoms with Crippen LogP contribution in [0.5, 0.6) is 0 Å². The Kier molecular flexibility index (Phi) is 5.99. The molecule has 10 heteroatoms. The first kappa shape index (κ1) is 21.1. The number of rotatable bonds is 6. The van der Waals surface area contributed by atoms with Gasteiger partial charge in [0.05, 0.1) is 18.9 Å². The number of nitrogens with zero attached hydrogens (tertiary/aromatic N) is 2. The van der Waals surface area contributed by atoms with Gasteiger partial charge in [-0.3, -0.25) is 9.59 Å². The molecule has 3 aliphatic rings. The Balaban J connectivity index is 1.64. The Hall–Kier alpha value is -2.17. The summed E-state index contributed by atoms with van der Waals surface area (Å²) in [6.07, 6.45) is 2.93. The van der Waals surface area contributed by atoms with Crippen molar-refractivity contribution in [1.29, 1.82) is 0 Å². The highest BCUT2D eigenvalue weighted by atomic mass is 32.2. The van der Waals surface area contributed by atoms with E-state index in [1.165, 1.54) is 4.31 Å². The van der Waals surface area contributed by atoms with Gasteiger partial charge in [0.2, 0.25) is 21.8 Å². The van der Waals surface area contributed by atoms with Gasteiger partial charge in [-0.05, 0) is 43.9 Å². The number of anilines is 2. The van der Waals surface area contributed by atoms with E-state index in [0.717, 1.165) is 12.8 Å². The number of hydrogen-bond donors (Lipinski definition) is 2. The van der Waals surface area contributed by atoms with E-state index < -0.39 is 10.0 Å². The molecule has 1 aromatic carbocycles. The molecule has 0 aromatic heterocycles. The minimum absolute atomic E-state index is 0.0248. The zero-order valence-electron chi connectivity index (χ0n) is 16.9. The van der Waals surface area contributed by atoms with Crippen molar-refractivity contribution in [2.24, 2.45) is 17.6 Å². The van der Waals surface area contributed by atoms with E-state index in [0.29, 0.717) is 63.6 Å². The van der Waals surface area contributed by atoms with Crippen molar-refractivity contribution >= 4 is 33.2 Å². The van der Waals surface area contributed by atoms with E-state index >= 15 is 0 Å². The second-order valence-electron chi connectivity index (χ2n) is 8.13. The fraction of sp³-hybridized carbons (Fsp3) is 0.600. The van der Waals surface area contributed by atoms with Gasteiger partial charge in [-0.2, -0.15) is 4.31 Å². The third-order valence-electron chi connectivity index (χ3n) is 6.00. The number of carbonyl (C=O) groups is 2. The third-order valence-corrected chi connectivity index (χ3v) is 7.93. The fourth-order valence-corrected chi connectivity index (χ4v) is 5.63. The summed E-state index contributed by atoms with van der Waals surface area (Å²) in [5.41, 5.74) is 6.50. The second-order valence-corrected chi connectivity index (χ2v) is 10.0. The van der Waals surface area contributed by atoms with Crippen LogP contribution in [0, 0.1) is 11.8 Å². The van der Waals surface area contributed by atoms with E-state index in [-0.39, 0.29) is 28.5 Å². The zero-order valence-corrected chi connectivity index (χ0v) is 17.7. The lowest BCUT2D eigenvalue weighted by Crippen LogP contribution is -2.42. The third kappa shape index (κ3) is 4.45. The molecule has 1 aliphatic carbocycles. The second kappa shape index (κ2) is 8.52. The minimum atomic E-state index is -3.77. The first-order valence-electron chi connectivity index (χ1n) is 10.4. The van der Waals surface area contributed by atoms with E-state index in [1.807, 2.05) is 4.90 Å². The standard InChI is InChI=1S/C20H28N4O5S/c21-19(25)14-5-7-23(8-6-14)17-4-3-16(22-20(26)15-1-2-15)13-18(17)30(27,28)24-9-11-29-12-10-24/h3-4,13-15H,1-2,5-12H2,(H2,21,25)(H,22,26). The van der Waals surface area contributed by atoms with Crippen LogP contribution in [0.4, 0.5) is 11.4 Å². The first-order valence-corrected chi connectivity index (χ1v) is 11.9. The van der Waals surface area contributed by atoms with Crippen LogP contribution < -0.4 is 16.0 Å². The van der Waals surface area contributed by atoms with Crippen molar-refractivity contribution in [2.45, 2.75) is 30.6 Å². The molecular formula is C20H28N4O5S. The number of piperidine rings is 1. The van der Waals surface area contributed by atoms with Crippen LogP contribution in [0.3, 0.4) is 0 Å². The van der Waals surface area contributed by atoms with Gasteiger partial charge >= 0.3 is 0 Å². The number of hydrogen-bond acceptors (Lipinski definition) is 6. The predicted octanol–water partition coefficient (Wildman–Crippen LogP) is 0.758. The number of morpholine rings is 1. The molecule has 1 aromatic rings. The average molecular weight is 437 g/mol. The van der Waals surface area contributed by atoms with Crippen molar-refractivity contribution in [3.05, 3.63) is 18.2 Å². The molecular weight excluding hydrogens is 408 g/mol.